The highest BCUT2D eigenvalue weighted by atomic mass is 19.4. The first-order chi connectivity index (χ1) is 23.4. The molecule has 0 radical (unpaired) electrons. The minimum absolute atomic E-state index is 0.0839. The first-order valence-corrected chi connectivity index (χ1v) is 15.1. The van der Waals surface area contributed by atoms with Gasteiger partial charge in [0.15, 0.2) is 0 Å². The smallest absolute Gasteiger partial charge is 0.169 e. The molecule has 0 aromatic heterocycles. The molecular weight excluding hydrogens is 684 g/mol. The maximum absolute atomic E-state index is 15.7. The molecule has 0 nitrogen and oxygen atoms in total. The highest BCUT2D eigenvalue weighted by Crippen LogP contribution is 2.71. The number of hydrogen-bond acceptors (Lipinski definition) is 0. The lowest BCUT2D eigenvalue weighted by Crippen LogP contribution is -2.64. The van der Waals surface area contributed by atoms with Crippen LogP contribution in [0.25, 0.3) is 66.1 Å². The van der Waals surface area contributed by atoms with Gasteiger partial charge in [-0.2, -0.15) is 52.7 Å². The van der Waals surface area contributed by atoms with E-state index in [9.17, 15) is 0 Å². The monoisotopic (exact) mass is 700 g/mol. The van der Waals surface area contributed by atoms with Gasteiger partial charge in [-0.1, -0.05) is 72.8 Å². The van der Waals surface area contributed by atoms with Crippen molar-refractivity contribution >= 4 is 21.5 Å². The van der Waals surface area contributed by atoms with Gasteiger partial charge < -0.3 is 0 Å². The summed E-state index contributed by atoms with van der Waals surface area (Å²) in [6.45, 7) is 0. The van der Waals surface area contributed by atoms with E-state index in [1.54, 1.807) is 24.3 Å². The van der Waals surface area contributed by atoms with E-state index >= 15 is 52.7 Å². The van der Waals surface area contributed by atoms with Crippen LogP contribution in [0.5, 0.6) is 0 Å². The number of halogens is 12. The standard InChI is InChI=1S/C38H16F12/c39-35(40,41)33(36(42,43)44)27-13-23-19-9-1-5-17-6-2-10-20(31(17)19)24(23)14-28(27)34(37(45,46)47,38(48,49)50)30-16-26-22-12-4-8-18-7-3-11-21(32(18)22)25(26)15-29(30)33/h1-16H. The molecule has 50 heavy (non-hydrogen) atoms. The van der Waals surface area contributed by atoms with Gasteiger partial charge in [-0.15, -0.1) is 0 Å². The Morgan fingerprint density at radius 3 is 0.720 bits per heavy atom. The van der Waals surface area contributed by atoms with Crippen molar-refractivity contribution in [2.24, 2.45) is 0 Å². The molecular formula is C38H16F12. The second-order valence-corrected chi connectivity index (χ2v) is 12.8. The van der Waals surface area contributed by atoms with E-state index in [0.717, 1.165) is 0 Å². The zero-order chi connectivity index (χ0) is 35.6. The molecule has 0 aliphatic heterocycles. The zero-order valence-electron chi connectivity index (χ0n) is 24.8. The second kappa shape index (κ2) is 9.01. The first-order valence-electron chi connectivity index (χ1n) is 15.1. The normalized spacial score (nSPS) is 16.7. The van der Waals surface area contributed by atoms with Gasteiger partial charge in [0.05, 0.1) is 0 Å². The predicted octanol–water partition coefficient (Wildman–Crippen LogP) is 12.4. The topological polar surface area (TPSA) is 0 Å². The summed E-state index contributed by atoms with van der Waals surface area (Å²) in [6, 6.07) is 18.5. The van der Waals surface area contributed by atoms with Crippen molar-refractivity contribution in [1.29, 1.82) is 0 Å². The Hall–Kier alpha value is -5.00. The number of rotatable bonds is 0. The fraction of sp³-hybridized carbons (Fsp3) is 0.158. The average Bonchev–Trinajstić information content (AvgIpc) is 3.50. The third-order valence-corrected chi connectivity index (χ3v) is 10.6. The van der Waals surface area contributed by atoms with Crippen LogP contribution in [-0.4, -0.2) is 24.7 Å². The molecule has 0 fully saturated rings. The molecule has 0 spiro atoms. The van der Waals surface area contributed by atoms with Crippen molar-refractivity contribution in [3.8, 4) is 44.5 Å². The van der Waals surface area contributed by atoms with Crippen molar-refractivity contribution in [1.82, 2.24) is 0 Å². The molecule has 9 rings (SSSR count). The van der Waals surface area contributed by atoms with Crippen LogP contribution in [0.2, 0.25) is 0 Å². The fourth-order valence-corrected chi connectivity index (χ4v) is 8.74. The fourth-order valence-electron chi connectivity index (χ4n) is 8.74. The molecule has 0 saturated heterocycles. The van der Waals surface area contributed by atoms with Crippen LogP contribution in [-0.2, 0) is 10.8 Å². The molecule has 3 aliphatic carbocycles. The van der Waals surface area contributed by atoms with E-state index in [0.29, 0.717) is 10.8 Å². The third kappa shape index (κ3) is 3.33. The summed E-state index contributed by atoms with van der Waals surface area (Å²) in [5, 5.41) is 1.45. The highest BCUT2D eigenvalue weighted by Gasteiger charge is 2.83. The summed E-state index contributed by atoms with van der Waals surface area (Å²) in [5.74, 6) is 0. The van der Waals surface area contributed by atoms with E-state index in [1.165, 1.54) is 48.5 Å². The van der Waals surface area contributed by atoms with Crippen molar-refractivity contribution in [2.45, 2.75) is 35.5 Å². The van der Waals surface area contributed by atoms with E-state index in [4.69, 9.17) is 0 Å². The quantitative estimate of drug-likeness (QED) is 0.138. The lowest BCUT2D eigenvalue weighted by Gasteiger charge is -2.51. The minimum atomic E-state index is -6.46. The van der Waals surface area contributed by atoms with Crippen LogP contribution in [0.15, 0.2) is 97.1 Å². The molecule has 6 aromatic rings. The number of fused-ring (bicyclic) bond motifs is 8. The average molecular weight is 701 g/mol. The number of hydrogen-bond donors (Lipinski definition) is 0. The molecule has 0 N–H and O–H groups in total. The zero-order valence-corrected chi connectivity index (χ0v) is 24.8. The summed E-state index contributed by atoms with van der Waals surface area (Å²) in [7, 11) is 0. The highest BCUT2D eigenvalue weighted by molar-refractivity contribution is 6.17. The summed E-state index contributed by atoms with van der Waals surface area (Å²) in [4.78, 5) is 0. The first kappa shape index (κ1) is 31.0. The summed E-state index contributed by atoms with van der Waals surface area (Å²) in [5.41, 5.74) is -20.3. The Labute approximate surface area is 273 Å². The van der Waals surface area contributed by atoms with Gasteiger partial charge in [0.2, 0.25) is 10.8 Å². The van der Waals surface area contributed by atoms with Crippen LogP contribution in [0.3, 0.4) is 0 Å². The van der Waals surface area contributed by atoms with Gasteiger partial charge >= 0.3 is 24.7 Å². The maximum atomic E-state index is 15.7. The second-order valence-electron chi connectivity index (χ2n) is 12.8. The molecule has 252 valence electrons. The van der Waals surface area contributed by atoms with Gasteiger partial charge in [0.25, 0.3) is 0 Å². The Morgan fingerprint density at radius 2 is 0.520 bits per heavy atom. The summed E-state index contributed by atoms with van der Waals surface area (Å²) < 4.78 is 188. The van der Waals surface area contributed by atoms with Gasteiger partial charge in [-0.3, -0.25) is 0 Å². The van der Waals surface area contributed by atoms with Crippen LogP contribution < -0.4 is 0 Å². The molecule has 0 atom stereocenters. The van der Waals surface area contributed by atoms with Crippen LogP contribution in [0.1, 0.15) is 22.3 Å². The summed E-state index contributed by atoms with van der Waals surface area (Å²) in [6.07, 6.45) is -25.9. The van der Waals surface area contributed by atoms with E-state index in [-0.39, 0.29) is 79.5 Å². The number of benzene rings is 6. The van der Waals surface area contributed by atoms with Gasteiger partial charge in [-0.05, 0) is 113 Å². The van der Waals surface area contributed by atoms with Crippen LogP contribution in [0.4, 0.5) is 52.7 Å². The van der Waals surface area contributed by atoms with Crippen LogP contribution in [0, 0.1) is 0 Å². The summed E-state index contributed by atoms with van der Waals surface area (Å²) >= 11 is 0. The third-order valence-electron chi connectivity index (χ3n) is 10.6. The van der Waals surface area contributed by atoms with Crippen molar-refractivity contribution in [3.63, 3.8) is 0 Å². The molecule has 6 aromatic carbocycles. The maximum Gasteiger partial charge on any atom is 0.411 e. The largest absolute Gasteiger partial charge is 0.411 e. The molecule has 0 bridgehead atoms. The van der Waals surface area contributed by atoms with Crippen molar-refractivity contribution in [2.75, 3.05) is 0 Å². The molecule has 0 amide bonds. The van der Waals surface area contributed by atoms with E-state index in [1.807, 2.05) is 0 Å². The van der Waals surface area contributed by atoms with E-state index in [2.05, 4.69) is 0 Å². The van der Waals surface area contributed by atoms with Crippen molar-refractivity contribution < 1.29 is 52.7 Å². The molecule has 0 unspecified atom stereocenters. The Morgan fingerprint density at radius 1 is 0.300 bits per heavy atom. The van der Waals surface area contributed by atoms with Gasteiger partial charge in [-0.25, -0.2) is 0 Å². The van der Waals surface area contributed by atoms with Crippen molar-refractivity contribution in [3.05, 3.63) is 119 Å². The Bertz CT molecular complexity index is 2150. The SMILES string of the molecule is FC(F)(F)C1(C(F)(F)F)c2cc3c(cc2C(C(F)(F)F)(C(F)(F)F)c2cc4c(cc21)-c1cccc2cccc-4c12)-c1cccc2cccc-3c12. The molecule has 12 heteroatoms. The van der Waals surface area contributed by atoms with Crippen LogP contribution >= 0.6 is 0 Å². The molecule has 3 aliphatic rings. The number of alkyl halides is 12. The van der Waals surface area contributed by atoms with Gasteiger partial charge in [0.1, 0.15) is 0 Å². The van der Waals surface area contributed by atoms with Gasteiger partial charge in [0, 0.05) is 0 Å². The predicted molar refractivity (Wildman–Crippen MR) is 163 cm³/mol. The Kier molecular flexibility index (Phi) is 5.59. The lowest BCUT2D eigenvalue weighted by molar-refractivity contribution is -0.307. The minimum Gasteiger partial charge on any atom is -0.169 e. The Balaban J connectivity index is 1.54. The lowest BCUT2D eigenvalue weighted by atomic mass is 9.55. The van der Waals surface area contributed by atoms with E-state index < -0.39 is 57.8 Å². The molecule has 0 heterocycles. The molecule has 0 saturated carbocycles.